The van der Waals surface area contributed by atoms with Crippen LogP contribution in [0.3, 0.4) is 0 Å². The second-order valence-corrected chi connectivity index (χ2v) is 4.61. The van der Waals surface area contributed by atoms with E-state index in [0.29, 0.717) is 5.39 Å². The number of thiophene rings is 1. The average Bonchev–Trinajstić information content (AvgIpc) is 2.42. The Balaban J connectivity index is 2.73. The van der Waals surface area contributed by atoms with Gasteiger partial charge in [-0.2, -0.15) is 0 Å². The zero-order valence-corrected chi connectivity index (χ0v) is 8.64. The first-order valence-electron chi connectivity index (χ1n) is 3.74. The molecule has 0 aliphatic heterocycles. The fourth-order valence-corrected chi connectivity index (χ4v) is 2.60. The number of fused-ring (bicyclic) bond motifs is 1. The predicted octanol–water partition coefficient (Wildman–Crippen LogP) is 3.34. The number of nitrogens with two attached hydrogens (primary N) is 1. The van der Waals surface area contributed by atoms with Crippen LogP contribution in [0.5, 0.6) is 0 Å². The Labute approximate surface area is 83.7 Å². The summed E-state index contributed by atoms with van der Waals surface area (Å²) in [6.07, 6.45) is 1.99. The second kappa shape index (κ2) is 3.20. The summed E-state index contributed by atoms with van der Waals surface area (Å²) in [7, 11) is 0. The zero-order chi connectivity index (χ0) is 9.42. The maximum absolute atomic E-state index is 13.3. The van der Waals surface area contributed by atoms with E-state index >= 15 is 0 Å². The van der Waals surface area contributed by atoms with E-state index in [1.54, 1.807) is 17.8 Å². The van der Waals surface area contributed by atoms with Crippen molar-refractivity contribution in [2.24, 2.45) is 0 Å². The third-order valence-electron chi connectivity index (χ3n) is 1.86. The van der Waals surface area contributed by atoms with Gasteiger partial charge < -0.3 is 5.73 Å². The van der Waals surface area contributed by atoms with Crippen molar-refractivity contribution in [3.63, 3.8) is 0 Å². The van der Waals surface area contributed by atoms with E-state index in [9.17, 15) is 4.39 Å². The molecule has 0 bridgehead atoms. The van der Waals surface area contributed by atoms with Gasteiger partial charge in [-0.1, -0.05) is 0 Å². The van der Waals surface area contributed by atoms with E-state index in [2.05, 4.69) is 0 Å². The SMILES string of the molecule is CSc1ccc2c(F)c(N)sc2c1. The second-order valence-electron chi connectivity index (χ2n) is 2.64. The lowest BCUT2D eigenvalue weighted by Crippen LogP contribution is -1.81. The van der Waals surface area contributed by atoms with Crippen molar-refractivity contribution >= 4 is 38.2 Å². The Kier molecular flexibility index (Phi) is 2.17. The molecule has 2 aromatic rings. The number of thioether (sulfide) groups is 1. The molecule has 0 atom stereocenters. The molecule has 0 amide bonds. The Hall–Kier alpha value is -0.740. The third kappa shape index (κ3) is 1.40. The van der Waals surface area contributed by atoms with Gasteiger partial charge in [-0.05, 0) is 24.5 Å². The monoisotopic (exact) mass is 213 g/mol. The number of rotatable bonds is 1. The molecule has 0 unspecified atom stereocenters. The summed E-state index contributed by atoms with van der Waals surface area (Å²) in [5.41, 5.74) is 5.48. The highest BCUT2D eigenvalue weighted by Crippen LogP contribution is 2.33. The van der Waals surface area contributed by atoms with E-state index in [0.717, 1.165) is 9.60 Å². The average molecular weight is 213 g/mol. The van der Waals surface area contributed by atoms with Crippen LogP contribution in [-0.4, -0.2) is 6.26 Å². The maximum Gasteiger partial charge on any atom is 0.165 e. The van der Waals surface area contributed by atoms with E-state index in [4.69, 9.17) is 5.73 Å². The van der Waals surface area contributed by atoms with E-state index < -0.39 is 0 Å². The van der Waals surface area contributed by atoms with Crippen LogP contribution in [0.2, 0.25) is 0 Å². The van der Waals surface area contributed by atoms with Gasteiger partial charge in [0.25, 0.3) is 0 Å². The van der Waals surface area contributed by atoms with Gasteiger partial charge in [0.15, 0.2) is 5.82 Å². The number of benzene rings is 1. The lowest BCUT2D eigenvalue weighted by atomic mass is 10.2. The molecule has 1 nitrogen and oxygen atoms in total. The van der Waals surface area contributed by atoms with Crippen LogP contribution in [-0.2, 0) is 0 Å². The normalized spacial score (nSPS) is 10.9. The van der Waals surface area contributed by atoms with Crippen LogP contribution in [0.4, 0.5) is 9.39 Å². The lowest BCUT2D eigenvalue weighted by Gasteiger charge is -1.94. The molecule has 0 radical (unpaired) electrons. The molecule has 0 aliphatic carbocycles. The number of hydrogen-bond donors (Lipinski definition) is 1. The summed E-state index contributed by atoms with van der Waals surface area (Å²) in [6.45, 7) is 0. The summed E-state index contributed by atoms with van der Waals surface area (Å²) < 4.78 is 14.2. The summed E-state index contributed by atoms with van der Waals surface area (Å²) >= 11 is 2.94. The van der Waals surface area contributed by atoms with Gasteiger partial charge >= 0.3 is 0 Å². The number of hydrogen-bond acceptors (Lipinski definition) is 3. The number of halogens is 1. The molecular weight excluding hydrogens is 205 g/mol. The Morgan fingerprint density at radius 2 is 2.23 bits per heavy atom. The summed E-state index contributed by atoms with van der Waals surface area (Å²) in [5, 5.41) is 0.897. The van der Waals surface area contributed by atoms with Crippen LogP contribution < -0.4 is 5.73 Å². The van der Waals surface area contributed by atoms with Crippen molar-refractivity contribution < 1.29 is 4.39 Å². The molecule has 13 heavy (non-hydrogen) atoms. The maximum atomic E-state index is 13.3. The molecule has 2 rings (SSSR count). The lowest BCUT2D eigenvalue weighted by molar-refractivity contribution is 0.648. The zero-order valence-electron chi connectivity index (χ0n) is 7.00. The van der Waals surface area contributed by atoms with Gasteiger partial charge in [0, 0.05) is 15.0 Å². The molecule has 1 heterocycles. The van der Waals surface area contributed by atoms with Crippen LogP contribution in [0.25, 0.3) is 10.1 Å². The van der Waals surface area contributed by atoms with Gasteiger partial charge in [-0.25, -0.2) is 4.39 Å². The van der Waals surface area contributed by atoms with E-state index in [1.165, 1.54) is 11.3 Å². The standard InChI is InChI=1S/C9H8FNS2/c1-12-5-2-3-6-7(4-5)13-9(11)8(6)10/h2-4H,11H2,1H3. The smallest absolute Gasteiger partial charge is 0.165 e. The van der Waals surface area contributed by atoms with Crippen molar-refractivity contribution in [2.45, 2.75) is 4.90 Å². The van der Waals surface area contributed by atoms with Crippen LogP contribution >= 0.6 is 23.1 Å². The van der Waals surface area contributed by atoms with Crippen LogP contribution in [0.15, 0.2) is 23.1 Å². The molecule has 4 heteroatoms. The quantitative estimate of drug-likeness (QED) is 0.735. The molecule has 0 fully saturated rings. The summed E-state index contributed by atoms with van der Waals surface area (Å²) in [4.78, 5) is 1.13. The Morgan fingerprint density at radius 3 is 2.92 bits per heavy atom. The summed E-state index contributed by atoms with van der Waals surface area (Å²) in [6, 6.07) is 5.65. The molecule has 1 aromatic heterocycles. The molecule has 0 saturated heterocycles. The molecule has 2 N–H and O–H groups in total. The highest BCUT2D eigenvalue weighted by Gasteiger charge is 2.08. The van der Waals surface area contributed by atoms with Gasteiger partial charge in [0.05, 0.1) is 0 Å². The van der Waals surface area contributed by atoms with E-state index in [-0.39, 0.29) is 10.8 Å². The minimum absolute atomic E-state index is 0.272. The topological polar surface area (TPSA) is 26.0 Å². The molecule has 68 valence electrons. The highest BCUT2D eigenvalue weighted by molar-refractivity contribution is 7.98. The number of anilines is 1. The predicted molar refractivity (Wildman–Crippen MR) is 58.0 cm³/mol. The van der Waals surface area contributed by atoms with Crippen molar-refractivity contribution in [3.05, 3.63) is 24.0 Å². The Bertz CT molecular complexity index is 450. The fourth-order valence-electron chi connectivity index (χ4n) is 1.19. The molecule has 1 aromatic carbocycles. The third-order valence-corrected chi connectivity index (χ3v) is 3.54. The van der Waals surface area contributed by atoms with Crippen molar-refractivity contribution in [1.82, 2.24) is 0 Å². The molecular formula is C9H8FNS2. The van der Waals surface area contributed by atoms with Crippen molar-refractivity contribution in [2.75, 3.05) is 12.0 Å². The van der Waals surface area contributed by atoms with Crippen LogP contribution in [0.1, 0.15) is 0 Å². The highest BCUT2D eigenvalue weighted by atomic mass is 32.2. The first kappa shape index (κ1) is 8.84. The van der Waals surface area contributed by atoms with Crippen molar-refractivity contribution in [3.8, 4) is 0 Å². The van der Waals surface area contributed by atoms with Crippen molar-refractivity contribution in [1.29, 1.82) is 0 Å². The van der Waals surface area contributed by atoms with Crippen LogP contribution in [0, 0.1) is 5.82 Å². The first-order chi connectivity index (χ1) is 6.22. The van der Waals surface area contributed by atoms with Gasteiger partial charge in [-0.3, -0.25) is 0 Å². The van der Waals surface area contributed by atoms with E-state index in [1.807, 2.05) is 18.4 Å². The molecule has 0 spiro atoms. The fraction of sp³-hybridized carbons (Fsp3) is 0.111. The van der Waals surface area contributed by atoms with Gasteiger partial charge in [0.2, 0.25) is 0 Å². The minimum Gasteiger partial charge on any atom is -0.388 e. The Morgan fingerprint density at radius 1 is 1.46 bits per heavy atom. The van der Waals surface area contributed by atoms with Gasteiger partial charge in [-0.15, -0.1) is 23.1 Å². The number of nitrogen functional groups attached to an aromatic ring is 1. The summed E-state index contributed by atoms with van der Waals surface area (Å²) in [5.74, 6) is -0.285. The minimum atomic E-state index is -0.285. The molecule has 0 saturated carbocycles. The van der Waals surface area contributed by atoms with Gasteiger partial charge in [0.1, 0.15) is 5.00 Å². The largest absolute Gasteiger partial charge is 0.388 e. The first-order valence-corrected chi connectivity index (χ1v) is 5.78. The molecule has 0 aliphatic rings.